The number of carbonyl (C=O) groups is 1. The lowest BCUT2D eigenvalue weighted by Crippen LogP contribution is -2.11. The number of benzene rings is 1. The first-order chi connectivity index (χ1) is 9.52. The minimum atomic E-state index is -0.734. The van der Waals surface area contributed by atoms with Crippen LogP contribution in [0.5, 0.6) is 0 Å². The van der Waals surface area contributed by atoms with Crippen molar-refractivity contribution >= 4 is 23.4 Å². The summed E-state index contributed by atoms with van der Waals surface area (Å²) in [6.07, 6.45) is 2.85. The van der Waals surface area contributed by atoms with Crippen LogP contribution in [0.4, 0.5) is 5.69 Å². The predicted molar refractivity (Wildman–Crippen MR) is 78.0 cm³/mol. The Hall–Kier alpha value is -1.56. The Balaban J connectivity index is 1.79. The van der Waals surface area contributed by atoms with Crippen molar-refractivity contribution in [1.82, 2.24) is 0 Å². The number of nitro benzene ring substituents is 1. The fraction of sp³-hybridized carbons (Fsp3) is 0.500. The van der Waals surface area contributed by atoms with Crippen LogP contribution >= 0.6 is 11.8 Å². The van der Waals surface area contributed by atoms with Crippen LogP contribution in [-0.2, 0) is 11.2 Å². The molecule has 1 N–H and O–H groups in total. The first kappa shape index (κ1) is 14.8. The predicted octanol–water partition coefficient (Wildman–Crippen LogP) is 3.13. The van der Waals surface area contributed by atoms with Crippen molar-refractivity contribution in [1.29, 1.82) is 0 Å². The molecule has 2 rings (SSSR count). The molecular weight excluding hydrogens is 278 g/mol. The van der Waals surface area contributed by atoms with Crippen molar-refractivity contribution in [2.24, 2.45) is 5.41 Å². The van der Waals surface area contributed by atoms with Gasteiger partial charge in [0, 0.05) is 11.6 Å². The summed E-state index contributed by atoms with van der Waals surface area (Å²) in [5.74, 6) is 0.883. The van der Waals surface area contributed by atoms with Gasteiger partial charge in [-0.1, -0.05) is 18.2 Å². The number of para-hydroxylation sites is 1. The third-order valence-corrected chi connectivity index (χ3v) is 4.90. The molecule has 0 saturated heterocycles. The lowest BCUT2D eigenvalue weighted by atomic mass is 10.1. The Labute approximate surface area is 121 Å². The van der Waals surface area contributed by atoms with E-state index in [9.17, 15) is 14.9 Å². The quantitative estimate of drug-likeness (QED) is 0.453. The molecule has 1 aromatic rings. The van der Waals surface area contributed by atoms with Crippen LogP contribution in [0.15, 0.2) is 24.3 Å². The van der Waals surface area contributed by atoms with E-state index >= 15 is 0 Å². The Morgan fingerprint density at radius 2 is 2.10 bits per heavy atom. The second kappa shape index (κ2) is 6.26. The zero-order valence-corrected chi connectivity index (χ0v) is 11.9. The third kappa shape index (κ3) is 3.96. The van der Waals surface area contributed by atoms with Gasteiger partial charge in [0.05, 0.1) is 11.3 Å². The maximum atomic E-state index is 10.9. The highest BCUT2D eigenvalue weighted by Gasteiger charge is 2.43. The largest absolute Gasteiger partial charge is 0.481 e. The molecule has 1 aliphatic rings. The number of nitro groups is 1. The van der Waals surface area contributed by atoms with Crippen molar-refractivity contribution in [3.63, 3.8) is 0 Å². The van der Waals surface area contributed by atoms with Crippen LogP contribution in [-0.4, -0.2) is 27.5 Å². The lowest BCUT2D eigenvalue weighted by Gasteiger charge is -2.11. The highest BCUT2D eigenvalue weighted by atomic mass is 32.2. The van der Waals surface area contributed by atoms with Crippen molar-refractivity contribution in [2.45, 2.75) is 25.7 Å². The van der Waals surface area contributed by atoms with Crippen LogP contribution in [0.2, 0.25) is 0 Å². The Morgan fingerprint density at radius 1 is 1.40 bits per heavy atom. The SMILES string of the molecule is O=C(O)CC1(CSCCc2ccccc2[N+](=O)[O-])CC1. The molecule has 0 amide bonds. The highest BCUT2D eigenvalue weighted by Crippen LogP contribution is 2.51. The summed E-state index contributed by atoms with van der Waals surface area (Å²) >= 11 is 1.69. The van der Waals surface area contributed by atoms with Gasteiger partial charge in [-0.05, 0) is 36.2 Å². The molecule has 5 nitrogen and oxygen atoms in total. The summed E-state index contributed by atoms with van der Waals surface area (Å²) in [5.41, 5.74) is 0.895. The summed E-state index contributed by atoms with van der Waals surface area (Å²) in [4.78, 5) is 21.3. The maximum absolute atomic E-state index is 10.9. The lowest BCUT2D eigenvalue weighted by molar-refractivity contribution is -0.385. The summed E-state index contributed by atoms with van der Waals surface area (Å²) in [5, 5.41) is 19.7. The average molecular weight is 295 g/mol. The molecule has 1 aliphatic carbocycles. The molecular formula is C14H17NO4S. The van der Waals surface area contributed by atoms with Crippen LogP contribution in [0, 0.1) is 15.5 Å². The molecule has 1 fully saturated rings. The monoisotopic (exact) mass is 295 g/mol. The highest BCUT2D eigenvalue weighted by molar-refractivity contribution is 7.99. The fourth-order valence-corrected chi connectivity index (χ4v) is 3.57. The number of hydrogen-bond acceptors (Lipinski definition) is 4. The van der Waals surface area contributed by atoms with Gasteiger partial charge in [0.25, 0.3) is 5.69 Å². The molecule has 0 heterocycles. The van der Waals surface area contributed by atoms with Gasteiger partial charge in [0.2, 0.25) is 0 Å². The second-order valence-electron chi connectivity index (χ2n) is 5.26. The van der Waals surface area contributed by atoms with E-state index in [4.69, 9.17) is 5.11 Å². The molecule has 108 valence electrons. The molecule has 1 aromatic carbocycles. The number of carboxylic acid groups (broad SMARTS) is 1. The fourth-order valence-electron chi connectivity index (χ4n) is 2.24. The summed E-state index contributed by atoms with van der Waals surface area (Å²) in [6.45, 7) is 0. The second-order valence-corrected chi connectivity index (χ2v) is 6.36. The topological polar surface area (TPSA) is 80.4 Å². The minimum Gasteiger partial charge on any atom is -0.481 e. The van der Waals surface area contributed by atoms with Crippen molar-refractivity contribution in [2.75, 3.05) is 11.5 Å². The van der Waals surface area contributed by atoms with Crippen LogP contribution in [0.1, 0.15) is 24.8 Å². The Bertz CT molecular complexity index is 514. The third-order valence-electron chi connectivity index (χ3n) is 3.60. The van der Waals surface area contributed by atoms with Gasteiger partial charge in [0.15, 0.2) is 0 Å². The molecule has 0 spiro atoms. The molecule has 0 atom stereocenters. The van der Waals surface area contributed by atoms with Gasteiger partial charge in [-0.25, -0.2) is 0 Å². The maximum Gasteiger partial charge on any atom is 0.303 e. The van der Waals surface area contributed by atoms with Gasteiger partial charge in [-0.3, -0.25) is 14.9 Å². The van der Waals surface area contributed by atoms with Crippen molar-refractivity contribution in [3.05, 3.63) is 39.9 Å². The van der Waals surface area contributed by atoms with Crippen LogP contribution in [0.3, 0.4) is 0 Å². The molecule has 0 aliphatic heterocycles. The van der Waals surface area contributed by atoms with E-state index in [0.29, 0.717) is 6.42 Å². The normalized spacial score (nSPS) is 15.8. The first-order valence-corrected chi connectivity index (χ1v) is 7.70. The summed E-state index contributed by atoms with van der Waals surface area (Å²) in [7, 11) is 0. The number of carboxylic acids is 1. The van der Waals surface area contributed by atoms with Gasteiger partial charge in [0.1, 0.15) is 0 Å². The van der Waals surface area contributed by atoms with Gasteiger partial charge >= 0.3 is 5.97 Å². The van der Waals surface area contributed by atoms with E-state index in [0.717, 1.165) is 29.9 Å². The van der Waals surface area contributed by atoms with E-state index in [1.54, 1.807) is 30.0 Å². The van der Waals surface area contributed by atoms with Crippen molar-refractivity contribution in [3.8, 4) is 0 Å². The standard InChI is InChI=1S/C14H17NO4S/c16-13(17)9-14(6-7-14)10-20-8-5-11-3-1-2-4-12(11)15(18)19/h1-4H,5-10H2,(H,16,17). The number of aliphatic carboxylic acids is 1. The Kier molecular flexibility index (Phi) is 4.65. The van der Waals surface area contributed by atoms with Crippen molar-refractivity contribution < 1.29 is 14.8 Å². The average Bonchev–Trinajstić information content (AvgIpc) is 3.14. The first-order valence-electron chi connectivity index (χ1n) is 6.54. The number of thioether (sulfide) groups is 1. The number of hydrogen-bond donors (Lipinski definition) is 1. The number of rotatable bonds is 8. The van der Waals surface area contributed by atoms with Gasteiger partial charge in [-0.15, -0.1) is 0 Å². The number of nitrogens with zero attached hydrogens (tertiary/aromatic N) is 1. The zero-order valence-electron chi connectivity index (χ0n) is 11.1. The molecule has 20 heavy (non-hydrogen) atoms. The molecule has 0 unspecified atom stereocenters. The minimum absolute atomic E-state index is 0.0148. The zero-order chi connectivity index (χ0) is 14.6. The van der Waals surface area contributed by atoms with Crippen LogP contribution < -0.4 is 0 Å². The van der Waals surface area contributed by atoms with Crippen LogP contribution in [0.25, 0.3) is 0 Å². The smallest absolute Gasteiger partial charge is 0.303 e. The van der Waals surface area contributed by atoms with E-state index in [2.05, 4.69) is 0 Å². The molecule has 6 heteroatoms. The molecule has 0 radical (unpaired) electrons. The summed E-state index contributed by atoms with van der Waals surface area (Å²) in [6, 6.07) is 6.77. The number of aryl methyl sites for hydroxylation is 1. The molecule has 0 bridgehead atoms. The van der Waals surface area contributed by atoms with Gasteiger partial charge in [-0.2, -0.15) is 11.8 Å². The van der Waals surface area contributed by atoms with E-state index in [-0.39, 0.29) is 22.4 Å². The Morgan fingerprint density at radius 3 is 2.70 bits per heavy atom. The van der Waals surface area contributed by atoms with E-state index < -0.39 is 5.97 Å². The van der Waals surface area contributed by atoms with Gasteiger partial charge < -0.3 is 5.11 Å². The van der Waals surface area contributed by atoms with E-state index in [1.807, 2.05) is 0 Å². The summed E-state index contributed by atoms with van der Waals surface area (Å²) < 4.78 is 0. The van der Waals surface area contributed by atoms with E-state index in [1.165, 1.54) is 6.07 Å². The molecule has 1 saturated carbocycles. The molecule has 0 aromatic heterocycles.